The Kier molecular flexibility index (Phi) is 5.11. The Hall–Kier alpha value is -2.97. The van der Waals surface area contributed by atoms with Gasteiger partial charge in [0.2, 0.25) is 0 Å². The number of non-ortho nitro benzene ring substituents is 1. The number of amides is 1. The second-order valence-electron chi connectivity index (χ2n) is 7.53. The maximum absolute atomic E-state index is 11.9. The Morgan fingerprint density at radius 2 is 2.19 bits per heavy atom. The number of nitro benzene ring substituents is 1. The van der Waals surface area contributed by atoms with E-state index in [0.29, 0.717) is 23.4 Å². The number of ether oxygens (including phenoxy) is 1. The average Bonchev–Trinajstić information content (AvgIpc) is 3.06. The molecule has 2 heterocycles. The fourth-order valence-corrected chi connectivity index (χ4v) is 3.11. The van der Waals surface area contributed by atoms with Gasteiger partial charge in [-0.25, -0.2) is 9.78 Å². The van der Waals surface area contributed by atoms with E-state index in [9.17, 15) is 14.9 Å². The predicted octanol–water partition coefficient (Wildman–Crippen LogP) is 3.03. The van der Waals surface area contributed by atoms with Crippen molar-refractivity contribution in [3.8, 4) is 0 Å². The minimum absolute atomic E-state index is 0.00911. The molecule has 1 atom stereocenters. The van der Waals surface area contributed by atoms with Crippen LogP contribution in [0.3, 0.4) is 0 Å². The van der Waals surface area contributed by atoms with Gasteiger partial charge in [-0.1, -0.05) is 0 Å². The van der Waals surface area contributed by atoms with E-state index in [0.717, 1.165) is 19.4 Å². The second-order valence-corrected chi connectivity index (χ2v) is 7.53. The second kappa shape index (κ2) is 7.34. The van der Waals surface area contributed by atoms with Crippen molar-refractivity contribution in [3.05, 3.63) is 34.5 Å². The first kappa shape index (κ1) is 18.8. The smallest absolute Gasteiger partial charge is 0.407 e. The number of benzene rings is 1. The van der Waals surface area contributed by atoms with E-state index >= 15 is 0 Å². The van der Waals surface area contributed by atoms with Crippen molar-refractivity contribution in [2.45, 2.75) is 45.3 Å². The number of alkyl carbamates (subject to hydrolysis) is 1. The zero-order valence-corrected chi connectivity index (χ0v) is 15.6. The number of anilines is 1. The summed E-state index contributed by atoms with van der Waals surface area (Å²) in [4.78, 5) is 33.3. The van der Waals surface area contributed by atoms with Crippen LogP contribution in [0.2, 0.25) is 0 Å². The molecule has 1 fully saturated rings. The highest BCUT2D eigenvalue weighted by atomic mass is 16.6. The van der Waals surface area contributed by atoms with Crippen LogP contribution < -0.4 is 10.2 Å². The molecule has 144 valence electrons. The van der Waals surface area contributed by atoms with Crippen LogP contribution in [0, 0.1) is 10.1 Å². The molecule has 1 aromatic heterocycles. The molecule has 9 nitrogen and oxygen atoms in total. The zero-order valence-electron chi connectivity index (χ0n) is 15.6. The van der Waals surface area contributed by atoms with Crippen molar-refractivity contribution in [1.29, 1.82) is 0 Å². The molecule has 3 rings (SSSR count). The summed E-state index contributed by atoms with van der Waals surface area (Å²) in [5.74, 6) is 0.699. The largest absolute Gasteiger partial charge is 0.444 e. The first-order valence-corrected chi connectivity index (χ1v) is 8.87. The summed E-state index contributed by atoms with van der Waals surface area (Å²) < 4.78 is 5.28. The number of aromatic nitrogens is 2. The number of carbonyl (C=O) groups excluding carboxylic acids is 1. The van der Waals surface area contributed by atoms with Crippen molar-refractivity contribution in [2.75, 3.05) is 18.0 Å². The lowest BCUT2D eigenvalue weighted by atomic mass is 10.2. The third kappa shape index (κ3) is 4.60. The highest BCUT2D eigenvalue weighted by Crippen LogP contribution is 2.26. The number of hydrogen-bond acceptors (Lipinski definition) is 7. The van der Waals surface area contributed by atoms with E-state index < -0.39 is 16.6 Å². The maximum Gasteiger partial charge on any atom is 0.407 e. The van der Waals surface area contributed by atoms with Gasteiger partial charge in [-0.2, -0.15) is 0 Å². The van der Waals surface area contributed by atoms with Crippen molar-refractivity contribution in [2.24, 2.45) is 0 Å². The fourth-order valence-electron chi connectivity index (χ4n) is 3.11. The van der Waals surface area contributed by atoms with Gasteiger partial charge < -0.3 is 15.0 Å². The molecule has 1 saturated heterocycles. The molecular formula is C18H23N5O4. The van der Waals surface area contributed by atoms with Crippen molar-refractivity contribution >= 4 is 28.6 Å². The summed E-state index contributed by atoms with van der Waals surface area (Å²) in [5.41, 5.74) is 0.538. The molecular weight excluding hydrogens is 350 g/mol. The number of nitrogens with one attached hydrogen (secondary N) is 1. The lowest BCUT2D eigenvalue weighted by Crippen LogP contribution is -2.42. The highest BCUT2D eigenvalue weighted by molar-refractivity contribution is 5.78. The van der Waals surface area contributed by atoms with Crippen molar-refractivity contribution < 1.29 is 14.5 Å². The molecule has 1 aliphatic rings. The summed E-state index contributed by atoms with van der Waals surface area (Å²) in [6, 6.07) is 4.54. The molecule has 0 radical (unpaired) electrons. The normalized spacial score (nSPS) is 17.1. The molecule has 9 heteroatoms. The first-order valence-electron chi connectivity index (χ1n) is 8.87. The standard InChI is InChI=1S/C18H23N5O4/c1-18(2,3)27-17(24)20-10-13-5-4-8-22(13)16-11-19-15-9-12(23(25)26)6-7-14(15)21-16/h6-7,9,11,13H,4-5,8,10H2,1-3H3,(H,20,24)/t13-/m1/s1. The van der Waals surface area contributed by atoms with E-state index in [2.05, 4.69) is 20.2 Å². The number of fused-ring (bicyclic) bond motifs is 1. The Bertz CT molecular complexity index is 864. The Morgan fingerprint density at radius 1 is 1.41 bits per heavy atom. The average molecular weight is 373 g/mol. The summed E-state index contributed by atoms with van der Waals surface area (Å²) >= 11 is 0. The third-order valence-electron chi connectivity index (χ3n) is 4.28. The Balaban J connectivity index is 1.71. The number of rotatable bonds is 4. The molecule has 0 aliphatic carbocycles. The summed E-state index contributed by atoms with van der Waals surface area (Å²) in [6.07, 6.45) is 3.10. The fraction of sp³-hybridized carbons (Fsp3) is 0.500. The topological polar surface area (TPSA) is 110 Å². The van der Waals surface area contributed by atoms with Gasteiger partial charge in [-0.15, -0.1) is 0 Å². The lowest BCUT2D eigenvalue weighted by Gasteiger charge is -2.26. The number of nitrogens with zero attached hydrogens (tertiary/aromatic N) is 4. The van der Waals surface area contributed by atoms with Gasteiger partial charge >= 0.3 is 6.09 Å². The van der Waals surface area contributed by atoms with Crippen LogP contribution in [0.15, 0.2) is 24.4 Å². The molecule has 1 aromatic carbocycles. The van der Waals surface area contributed by atoms with Gasteiger partial charge in [0.1, 0.15) is 11.4 Å². The number of carbonyl (C=O) groups is 1. The maximum atomic E-state index is 11.9. The molecule has 1 amide bonds. The minimum Gasteiger partial charge on any atom is -0.444 e. The monoisotopic (exact) mass is 373 g/mol. The van der Waals surface area contributed by atoms with E-state index in [1.165, 1.54) is 12.1 Å². The predicted molar refractivity (Wildman–Crippen MR) is 101 cm³/mol. The first-order chi connectivity index (χ1) is 12.7. The molecule has 0 saturated carbocycles. The highest BCUT2D eigenvalue weighted by Gasteiger charge is 2.27. The summed E-state index contributed by atoms with van der Waals surface area (Å²) in [7, 11) is 0. The van der Waals surface area contributed by atoms with Gasteiger partial charge in [-0.05, 0) is 39.7 Å². The summed E-state index contributed by atoms with van der Waals surface area (Å²) in [6.45, 7) is 6.74. The third-order valence-corrected chi connectivity index (χ3v) is 4.28. The van der Waals surface area contributed by atoms with Crippen molar-refractivity contribution in [1.82, 2.24) is 15.3 Å². The van der Waals surface area contributed by atoms with E-state index in [1.807, 2.05) is 20.8 Å². The van der Waals surface area contributed by atoms with Crippen LogP contribution in [-0.2, 0) is 4.74 Å². The van der Waals surface area contributed by atoms with E-state index in [-0.39, 0.29) is 11.7 Å². The van der Waals surface area contributed by atoms with Crippen LogP contribution in [0.4, 0.5) is 16.3 Å². The minimum atomic E-state index is -0.536. The molecule has 0 unspecified atom stereocenters. The van der Waals surface area contributed by atoms with Gasteiger partial charge in [0.25, 0.3) is 5.69 Å². The molecule has 0 spiro atoms. The van der Waals surface area contributed by atoms with Crippen LogP contribution in [0.25, 0.3) is 11.0 Å². The Labute approximate surface area is 156 Å². The van der Waals surface area contributed by atoms with Crippen LogP contribution >= 0.6 is 0 Å². The molecule has 2 aromatic rings. The van der Waals surface area contributed by atoms with Crippen molar-refractivity contribution in [3.63, 3.8) is 0 Å². The quantitative estimate of drug-likeness (QED) is 0.648. The molecule has 1 N–H and O–H groups in total. The summed E-state index contributed by atoms with van der Waals surface area (Å²) in [5, 5.41) is 13.7. The van der Waals surface area contributed by atoms with Gasteiger partial charge in [0, 0.05) is 31.3 Å². The Morgan fingerprint density at radius 3 is 2.89 bits per heavy atom. The van der Waals surface area contributed by atoms with E-state index in [1.54, 1.807) is 12.3 Å². The lowest BCUT2D eigenvalue weighted by molar-refractivity contribution is -0.384. The van der Waals surface area contributed by atoms with Gasteiger partial charge in [0.15, 0.2) is 0 Å². The molecule has 0 bridgehead atoms. The number of nitro groups is 1. The van der Waals surface area contributed by atoms with Crippen LogP contribution in [0.1, 0.15) is 33.6 Å². The molecule has 1 aliphatic heterocycles. The van der Waals surface area contributed by atoms with Crippen LogP contribution in [0.5, 0.6) is 0 Å². The number of hydrogen-bond donors (Lipinski definition) is 1. The SMILES string of the molecule is CC(C)(C)OC(=O)NC[C@H]1CCCN1c1cnc2cc([N+](=O)[O-])ccc2n1. The van der Waals surface area contributed by atoms with Gasteiger partial charge in [-0.3, -0.25) is 15.1 Å². The molecule has 27 heavy (non-hydrogen) atoms. The van der Waals surface area contributed by atoms with E-state index in [4.69, 9.17) is 4.74 Å². The zero-order chi connectivity index (χ0) is 19.6. The van der Waals surface area contributed by atoms with Gasteiger partial charge in [0.05, 0.1) is 22.2 Å². The van der Waals surface area contributed by atoms with Crippen LogP contribution in [-0.4, -0.2) is 45.7 Å².